The summed E-state index contributed by atoms with van der Waals surface area (Å²) in [5.41, 5.74) is 0.589. The molecule has 112 valence electrons. The van der Waals surface area contributed by atoms with Gasteiger partial charge in [0.2, 0.25) is 5.91 Å². The Morgan fingerprint density at radius 1 is 1.24 bits per heavy atom. The number of carboxylic acid groups (broad SMARTS) is 1. The summed E-state index contributed by atoms with van der Waals surface area (Å²) in [6.45, 7) is 0. The molecular formula is C15H15Cl2NO3. The van der Waals surface area contributed by atoms with E-state index in [9.17, 15) is 9.59 Å². The van der Waals surface area contributed by atoms with Crippen LogP contribution in [0.15, 0.2) is 24.3 Å². The van der Waals surface area contributed by atoms with Crippen LogP contribution in [0.2, 0.25) is 10.0 Å². The van der Waals surface area contributed by atoms with E-state index in [4.69, 9.17) is 28.3 Å². The molecule has 2 rings (SSSR count). The molecule has 2 unspecified atom stereocenters. The van der Waals surface area contributed by atoms with E-state index in [0.717, 1.165) is 0 Å². The van der Waals surface area contributed by atoms with Gasteiger partial charge in [-0.05, 0) is 37.5 Å². The highest BCUT2D eigenvalue weighted by Gasteiger charge is 2.30. The van der Waals surface area contributed by atoms with E-state index in [1.807, 2.05) is 0 Å². The van der Waals surface area contributed by atoms with Gasteiger partial charge in [-0.25, -0.2) is 0 Å². The molecule has 0 aliphatic heterocycles. The summed E-state index contributed by atoms with van der Waals surface area (Å²) in [7, 11) is 0. The van der Waals surface area contributed by atoms with Crippen molar-refractivity contribution in [3.8, 4) is 0 Å². The molecule has 0 aromatic heterocycles. The third kappa shape index (κ3) is 4.22. The average molecular weight is 328 g/mol. The Labute approximate surface area is 132 Å². The Kier molecular flexibility index (Phi) is 5.26. The predicted octanol–water partition coefficient (Wildman–Crippen LogP) is 3.38. The van der Waals surface area contributed by atoms with Crippen LogP contribution in [-0.2, 0) is 9.59 Å². The molecule has 1 aromatic rings. The minimum absolute atomic E-state index is 0.0926. The van der Waals surface area contributed by atoms with Crippen molar-refractivity contribution in [3.63, 3.8) is 0 Å². The second-order valence-corrected chi connectivity index (χ2v) is 5.84. The van der Waals surface area contributed by atoms with E-state index in [2.05, 4.69) is 5.32 Å². The molecule has 0 radical (unpaired) electrons. The van der Waals surface area contributed by atoms with E-state index in [1.165, 1.54) is 6.08 Å². The van der Waals surface area contributed by atoms with Crippen LogP contribution in [0.4, 0.5) is 0 Å². The van der Waals surface area contributed by atoms with Crippen LogP contribution in [0.25, 0.3) is 6.08 Å². The predicted molar refractivity (Wildman–Crippen MR) is 82.4 cm³/mol. The van der Waals surface area contributed by atoms with Gasteiger partial charge in [0, 0.05) is 27.7 Å². The van der Waals surface area contributed by atoms with Crippen LogP contribution in [0, 0.1) is 5.92 Å². The number of aliphatic carboxylic acids is 1. The van der Waals surface area contributed by atoms with Gasteiger partial charge in [0.1, 0.15) is 0 Å². The molecule has 6 heteroatoms. The van der Waals surface area contributed by atoms with Gasteiger partial charge < -0.3 is 10.4 Å². The van der Waals surface area contributed by atoms with Crippen molar-refractivity contribution < 1.29 is 14.7 Å². The number of nitrogens with one attached hydrogen (secondary N) is 1. The van der Waals surface area contributed by atoms with E-state index in [1.54, 1.807) is 24.3 Å². The molecule has 1 amide bonds. The summed E-state index contributed by atoms with van der Waals surface area (Å²) < 4.78 is 0. The van der Waals surface area contributed by atoms with Gasteiger partial charge in [-0.1, -0.05) is 29.3 Å². The zero-order valence-electron chi connectivity index (χ0n) is 11.2. The number of carbonyl (C=O) groups excluding carboxylic acids is 1. The molecule has 4 nitrogen and oxygen atoms in total. The molecule has 2 atom stereocenters. The zero-order valence-corrected chi connectivity index (χ0v) is 12.7. The molecule has 2 N–H and O–H groups in total. The van der Waals surface area contributed by atoms with Gasteiger partial charge in [-0.3, -0.25) is 9.59 Å². The lowest BCUT2D eigenvalue weighted by Gasteiger charge is -2.10. The van der Waals surface area contributed by atoms with Gasteiger partial charge >= 0.3 is 5.97 Å². The lowest BCUT2D eigenvalue weighted by molar-refractivity contribution is -0.141. The van der Waals surface area contributed by atoms with Gasteiger partial charge in [0.05, 0.1) is 5.92 Å². The fourth-order valence-electron chi connectivity index (χ4n) is 2.42. The molecule has 21 heavy (non-hydrogen) atoms. The number of rotatable bonds is 4. The van der Waals surface area contributed by atoms with Crippen molar-refractivity contribution in [2.75, 3.05) is 0 Å². The largest absolute Gasteiger partial charge is 0.481 e. The summed E-state index contributed by atoms with van der Waals surface area (Å²) >= 11 is 12.0. The molecule has 1 aromatic carbocycles. The van der Waals surface area contributed by atoms with Gasteiger partial charge in [0.15, 0.2) is 0 Å². The fourth-order valence-corrected chi connectivity index (χ4v) is 2.94. The first-order valence-electron chi connectivity index (χ1n) is 6.62. The Morgan fingerprint density at radius 2 is 1.90 bits per heavy atom. The highest BCUT2D eigenvalue weighted by Crippen LogP contribution is 2.26. The smallest absolute Gasteiger partial charge is 0.306 e. The fraction of sp³-hybridized carbons (Fsp3) is 0.333. The number of hydrogen-bond donors (Lipinski definition) is 2. The third-order valence-corrected chi connectivity index (χ3v) is 4.19. The Morgan fingerprint density at radius 3 is 2.48 bits per heavy atom. The molecule has 1 aliphatic carbocycles. The van der Waals surface area contributed by atoms with Crippen molar-refractivity contribution >= 4 is 41.2 Å². The highest BCUT2D eigenvalue weighted by atomic mass is 35.5. The van der Waals surface area contributed by atoms with E-state index >= 15 is 0 Å². The maximum Gasteiger partial charge on any atom is 0.306 e. The molecule has 0 bridgehead atoms. The first-order valence-corrected chi connectivity index (χ1v) is 7.38. The zero-order chi connectivity index (χ0) is 15.4. The van der Waals surface area contributed by atoms with Crippen LogP contribution >= 0.6 is 23.2 Å². The Bertz CT molecular complexity index is 566. The summed E-state index contributed by atoms with van der Waals surface area (Å²) in [6.07, 6.45) is 4.68. The van der Waals surface area contributed by atoms with Gasteiger partial charge in [-0.15, -0.1) is 0 Å². The van der Waals surface area contributed by atoms with Crippen molar-refractivity contribution in [2.45, 2.75) is 25.3 Å². The average Bonchev–Trinajstić information content (AvgIpc) is 2.87. The first-order chi connectivity index (χ1) is 9.97. The van der Waals surface area contributed by atoms with E-state index in [-0.39, 0.29) is 17.9 Å². The maximum atomic E-state index is 11.8. The monoisotopic (exact) mass is 327 g/mol. The molecule has 0 heterocycles. The van der Waals surface area contributed by atoms with E-state index < -0.39 is 5.97 Å². The number of amides is 1. The summed E-state index contributed by atoms with van der Waals surface area (Å²) in [6, 6.07) is 5.02. The molecule has 1 aliphatic rings. The standard InChI is InChI=1S/C15H15Cl2NO3/c16-12-2-1-3-13(17)11(12)6-7-14(19)18-10-5-4-9(8-10)15(20)21/h1-3,6-7,9-10H,4-5,8H2,(H,18,19)(H,20,21). The molecular weight excluding hydrogens is 313 g/mol. The van der Waals surface area contributed by atoms with Crippen LogP contribution in [0.5, 0.6) is 0 Å². The topological polar surface area (TPSA) is 66.4 Å². The molecule has 0 spiro atoms. The second-order valence-electron chi connectivity index (χ2n) is 5.02. The third-order valence-electron chi connectivity index (χ3n) is 3.53. The van der Waals surface area contributed by atoms with Crippen LogP contribution in [0.3, 0.4) is 0 Å². The lowest BCUT2D eigenvalue weighted by atomic mass is 10.1. The number of hydrogen-bond acceptors (Lipinski definition) is 2. The van der Waals surface area contributed by atoms with Gasteiger partial charge in [-0.2, -0.15) is 0 Å². The summed E-state index contributed by atoms with van der Waals surface area (Å²) in [4.78, 5) is 22.7. The Hall–Kier alpha value is -1.52. The quantitative estimate of drug-likeness (QED) is 0.833. The van der Waals surface area contributed by atoms with Gasteiger partial charge in [0.25, 0.3) is 0 Å². The van der Waals surface area contributed by atoms with Crippen LogP contribution in [-0.4, -0.2) is 23.0 Å². The van der Waals surface area contributed by atoms with Crippen molar-refractivity contribution in [2.24, 2.45) is 5.92 Å². The number of halogens is 2. The molecule has 0 saturated heterocycles. The normalized spacial score (nSPS) is 21.6. The summed E-state index contributed by atoms with van der Waals surface area (Å²) in [5.74, 6) is -1.44. The SMILES string of the molecule is O=C(C=Cc1c(Cl)cccc1Cl)NC1CCC(C(=O)O)C1. The van der Waals surface area contributed by atoms with Crippen LogP contribution < -0.4 is 5.32 Å². The van der Waals surface area contributed by atoms with Crippen LogP contribution in [0.1, 0.15) is 24.8 Å². The minimum Gasteiger partial charge on any atom is -0.481 e. The number of benzene rings is 1. The van der Waals surface area contributed by atoms with Crippen molar-refractivity contribution in [3.05, 3.63) is 39.9 Å². The minimum atomic E-state index is -0.801. The Balaban J connectivity index is 1.93. The van der Waals surface area contributed by atoms with E-state index in [0.29, 0.717) is 34.9 Å². The first kappa shape index (κ1) is 15.9. The lowest BCUT2D eigenvalue weighted by Crippen LogP contribution is -2.31. The maximum absolute atomic E-state index is 11.8. The number of carbonyl (C=O) groups is 2. The van der Waals surface area contributed by atoms with Crippen molar-refractivity contribution in [1.29, 1.82) is 0 Å². The van der Waals surface area contributed by atoms with Crippen molar-refractivity contribution in [1.82, 2.24) is 5.32 Å². The number of carboxylic acids is 1. The second kappa shape index (κ2) is 6.96. The summed E-state index contributed by atoms with van der Waals surface area (Å²) in [5, 5.41) is 12.7. The molecule has 1 saturated carbocycles. The molecule has 1 fully saturated rings. The highest BCUT2D eigenvalue weighted by molar-refractivity contribution is 6.37.